The van der Waals surface area contributed by atoms with Gasteiger partial charge in [0.15, 0.2) is 6.61 Å². The number of hydrogen-bond acceptors (Lipinski definition) is 3. The second-order valence-corrected chi connectivity index (χ2v) is 0.869. The Balaban J connectivity index is 2.97. The molecule has 44 valence electrons. The number of nitrogens with two attached hydrogens (primary N) is 1. The first kappa shape index (κ1) is 6.79. The summed E-state index contributed by atoms with van der Waals surface area (Å²) in [5, 5.41) is 0. The lowest BCUT2D eigenvalue weighted by Gasteiger charge is -1.92. The Morgan fingerprint density at radius 3 is 2.88 bits per heavy atom. The second-order valence-electron chi connectivity index (χ2n) is 0.869. The molecule has 0 bridgehead atoms. The van der Waals surface area contributed by atoms with Crippen LogP contribution in [0.2, 0.25) is 0 Å². The van der Waals surface area contributed by atoms with Crippen molar-refractivity contribution in [3.63, 3.8) is 0 Å². The Hall–Kier alpha value is -1.21. The van der Waals surface area contributed by atoms with E-state index >= 15 is 0 Å². The third-order valence-corrected chi connectivity index (χ3v) is 0.283. The van der Waals surface area contributed by atoms with Gasteiger partial charge >= 0.3 is 6.09 Å². The van der Waals surface area contributed by atoms with Crippen molar-refractivity contribution in [3.8, 4) is 12.3 Å². The lowest BCUT2D eigenvalue weighted by atomic mass is 10.8. The fourth-order valence-electron chi connectivity index (χ4n) is 0.122. The number of carbonyl (C=O) groups is 1. The molecule has 4 nitrogen and oxygen atoms in total. The third kappa shape index (κ3) is 4.79. The van der Waals surface area contributed by atoms with E-state index in [1.807, 2.05) is 0 Å². The van der Waals surface area contributed by atoms with Crippen LogP contribution in [0.5, 0.6) is 0 Å². The van der Waals surface area contributed by atoms with Gasteiger partial charge in [-0.15, -0.1) is 6.42 Å². The predicted octanol–water partition coefficient (Wildman–Crippen LogP) is -0.353. The Kier molecular flexibility index (Phi) is 3.36. The predicted molar refractivity (Wildman–Crippen MR) is 25.5 cm³/mol. The third-order valence-electron chi connectivity index (χ3n) is 0.283. The van der Waals surface area contributed by atoms with E-state index in [4.69, 9.17) is 6.42 Å². The van der Waals surface area contributed by atoms with Gasteiger partial charge in [-0.2, -0.15) is 4.89 Å². The molecular formula is C4H5NO3. The van der Waals surface area contributed by atoms with Gasteiger partial charge in [-0.3, -0.25) is 4.89 Å². The van der Waals surface area contributed by atoms with Crippen LogP contribution in [0.15, 0.2) is 0 Å². The van der Waals surface area contributed by atoms with Crippen LogP contribution in [0.25, 0.3) is 0 Å². The molecule has 0 saturated carbocycles. The molecule has 0 fully saturated rings. The topological polar surface area (TPSA) is 61.6 Å². The largest absolute Gasteiger partial charge is 0.436 e. The van der Waals surface area contributed by atoms with E-state index in [1.54, 1.807) is 0 Å². The van der Waals surface area contributed by atoms with Crippen molar-refractivity contribution in [2.75, 3.05) is 6.61 Å². The zero-order valence-electron chi connectivity index (χ0n) is 4.09. The summed E-state index contributed by atoms with van der Waals surface area (Å²) in [6.45, 7) is -0.0804. The first-order chi connectivity index (χ1) is 3.77. The quantitative estimate of drug-likeness (QED) is 0.231. The van der Waals surface area contributed by atoms with Crippen molar-refractivity contribution in [2.24, 2.45) is 5.73 Å². The molecule has 1 amide bonds. The van der Waals surface area contributed by atoms with Gasteiger partial charge in [-0.05, 0) is 0 Å². The molecule has 0 unspecified atom stereocenters. The van der Waals surface area contributed by atoms with Crippen molar-refractivity contribution < 1.29 is 14.6 Å². The highest BCUT2D eigenvalue weighted by atomic mass is 17.2. The Labute approximate surface area is 46.5 Å². The number of rotatable bonds is 2. The number of terminal acetylenes is 1. The fraction of sp³-hybridized carbons (Fsp3) is 0.250. The fourth-order valence-corrected chi connectivity index (χ4v) is 0.122. The van der Waals surface area contributed by atoms with Gasteiger partial charge in [-0.1, -0.05) is 5.92 Å². The summed E-state index contributed by atoms with van der Waals surface area (Å²) in [5.41, 5.74) is 4.48. The molecule has 0 radical (unpaired) electrons. The van der Waals surface area contributed by atoms with E-state index in [1.165, 1.54) is 0 Å². The summed E-state index contributed by atoms with van der Waals surface area (Å²) in [6, 6.07) is 0. The van der Waals surface area contributed by atoms with Crippen molar-refractivity contribution in [1.82, 2.24) is 0 Å². The van der Waals surface area contributed by atoms with Crippen LogP contribution in [-0.2, 0) is 9.78 Å². The van der Waals surface area contributed by atoms with Gasteiger partial charge in [0.2, 0.25) is 0 Å². The van der Waals surface area contributed by atoms with Crippen LogP contribution in [0.4, 0.5) is 4.79 Å². The van der Waals surface area contributed by atoms with Gasteiger partial charge in [0.05, 0.1) is 0 Å². The molecule has 0 saturated heterocycles. The summed E-state index contributed by atoms with van der Waals surface area (Å²) in [7, 11) is 0. The minimum absolute atomic E-state index is 0.0804. The average Bonchev–Trinajstić information content (AvgIpc) is 1.66. The van der Waals surface area contributed by atoms with E-state index in [0.29, 0.717) is 0 Å². The average molecular weight is 115 g/mol. The number of primary amides is 1. The molecular weight excluding hydrogens is 110 g/mol. The molecule has 0 aromatic carbocycles. The lowest BCUT2D eigenvalue weighted by Crippen LogP contribution is -2.13. The van der Waals surface area contributed by atoms with Crippen molar-refractivity contribution >= 4 is 6.09 Å². The number of carbonyl (C=O) groups excluding carboxylic acids is 1. The molecule has 0 rings (SSSR count). The highest BCUT2D eigenvalue weighted by Crippen LogP contribution is 1.73. The minimum Gasteiger partial charge on any atom is -0.333 e. The molecule has 0 atom stereocenters. The van der Waals surface area contributed by atoms with Gasteiger partial charge in [0.1, 0.15) is 0 Å². The molecule has 8 heavy (non-hydrogen) atoms. The zero-order chi connectivity index (χ0) is 6.41. The first-order valence-electron chi connectivity index (χ1n) is 1.79. The van der Waals surface area contributed by atoms with E-state index in [-0.39, 0.29) is 6.61 Å². The van der Waals surface area contributed by atoms with Crippen molar-refractivity contribution in [3.05, 3.63) is 0 Å². The number of amides is 1. The Morgan fingerprint density at radius 2 is 2.50 bits per heavy atom. The summed E-state index contributed by atoms with van der Waals surface area (Å²) in [4.78, 5) is 17.5. The van der Waals surface area contributed by atoms with Crippen molar-refractivity contribution in [2.45, 2.75) is 0 Å². The maximum Gasteiger partial charge on any atom is 0.436 e. The highest BCUT2D eigenvalue weighted by molar-refractivity contribution is 5.63. The molecule has 0 aliphatic heterocycles. The lowest BCUT2D eigenvalue weighted by molar-refractivity contribution is -0.224. The molecule has 4 heteroatoms. The molecule has 0 aromatic rings. The van der Waals surface area contributed by atoms with Gasteiger partial charge in [-0.25, -0.2) is 4.79 Å². The summed E-state index contributed by atoms with van der Waals surface area (Å²) >= 11 is 0. The van der Waals surface area contributed by atoms with Crippen LogP contribution in [-0.4, -0.2) is 12.7 Å². The van der Waals surface area contributed by atoms with Gasteiger partial charge in [0.25, 0.3) is 0 Å². The maximum atomic E-state index is 9.68. The Bertz CT molecular complexity index is 115. The van der Waals surface area contributed by atoms with Gasteiger partial charge in [0, 0.05) is 0 Å². The standard InChI is InChI=1S/C4H5NO3/c1-2-3-7-8-4(5)6/h1H,3H2,(H2,5,6). The summed E-state index contributed by atoms with van der Waals surface area (Å²) in [6.07, 6.45) is 3.71. The minimum atomic E-state index is -1.000. The molecule has 0 heterocycles. The van der Waals surface area contributed by atoms with Gasteiger partial charge < -0.3 is 5.73 Å². The zero-order valence-corrected chi connectivity index (χ0v) is 4.09. The van der Waals surface area contributed by atoms with E-state index in [9.17, 15) is 4.79 Å². The maximum absolute atomic E-state index is 9.68. The molecule has 0 spiro atoms. The normalized spacial score (nSPS) is 7.38. The second kappa shape index (κ2) is 3.96. The first-order valence-corrected chi connectivity index (χ1v) is 1.79. The Morgan fingerprint density at radius 1 is 1.88 bits per heavy atom. The smallest absolute Gasteiger partial charge is 0.333 e. The van der Waals surface area contributed by atoms with Crippen LogP contribution >= 0.6 is 0 Å². The SMILES string of the molecule is C#CCOOC(N)=O. The summed E-state index contributed by atoms with van der Waals surface area (Å²) < 4.78 is 0. The van der Waals surface area contributed by atoms with Crippen LogP contribution in [0.1, 0.15) is 0 Å². The van der Waals surface area contributed by atoms with Crippen LogP contribution in [0, 0.1) is 12.3 Å². The molecule has 0 aliphatic carbocycles. The van der Waals surface area contributed by atoms with Crippen LogP contribution < -0.4 is 5.73 Å². The monoisotopic (exact) mass is 115 g/mol. The molecule has 0 aliphatic rings. The van der Waals surface area contributed by atoms with Crippen molar-refractivity contribution in [1.29, 1.82) is 0 Å². The highest BCUT2D eigenvalue weighted by Gasteiger charge is 1.89. The molecule has 2 N–H and O–H groups in total. The van der Waals surface area contributed by atoms with E-state index in [2.05, 4.69) is 21.4 Å². The van der Waals surface area contributed by atoms with Crippen LogP contribution in [0.3, 0.4) is 0 Å². The van der Waals surface area contributed by atoms with E-state index < -0.39 is 6.09 Å². The van der Waals surface area contributed by atoms with E-state index in [0.717, 1.165) is 0 Å². The summed E-state index contributed by atoms with van der Waals surface area (Å²) in [5.74, 6) is 2.07. The molecule has 0 aromatic heterocycles. The number of hydrogen-bond donors (Lipinski definition) is 1.